The van der Waals surface area contributed by atoms with Gasteiger partial charge in [-0.3, -0.25) is 0 Å². The second kappa shape index (κ2) is 8.61. The van der Waals surface area contributed by atoms with Crippen LogP contribution >= 0.6 is 0 Å². The van der Waals surface area contributed by atoms with E-state index in [0.717, 1.165) is 16.9 Å². The molecule has 0 aliphatic rings. The van der Waals surface area contributed by atoms with Gasteiger partial charge in [-0.15, -0.1) is 0 Å². The van der Waals surface area contributed by atoms with Crippen LogP contribution in [-0.2, 0) is 11.3 Å². The molecule has 2 rings (SSSR count). The lowest BCUT2D eigenvalue weighted by molar-refractivity contribution is 0.0209. The molecule has 0 radical (unpaired) electrons. The van der Waals surface area contributed by atoms with Gasteiger partial charge in [-0.05, 0) is 63.1 Å². The number of aryl methyl sites for hydroxylation is 1. The van der Waals surface area contributed by atoms with Crippen LogP contribution in [0.3, 0.4) is 0 Å². The quantitative estimate of drug-likeness (QED) is 0.780. The molecule has 0 atom stereocenters. The van der Waals surface area contributed by atoms with Crippen LogP contribution in [0.1, 0.15) is 31.9 Å². The van der Waals surface area contributed by atoms with Crippen molar-refractivity contribution >= 4 is 11.8 Å². The summed E-state index contributed by atoms with van der Waals surface area (Å²) in [6.07, 6.45) is -0.368. The zero-order valence-corrected chi connectivity index (χ0v) is 16.0. The second-order valence-electron chi connectivity index (χ2n) is 7.31. The summed E-state index contributed by atoms with van der Waals surface area (Å²) in [5.74, 6) is 0.790. The van der Waals surface area contributed by atoms with E-state index in [1.807, 2.05) is 76.2 Å². The van der Waals surface area contributed by atoms with E-state index in [4.69, 9.17) is 15.2 Å². The lowest BCUT2D eigenvalue weighted by atomic mass is 10.2. The smallest absolute Gasteiger partial charge is 0.410 e. The van der Waals surface area contributed by atoms with E-state index in [0.29, 0.717) is 25.4 Å². The molecule has 0 aliphatic heterocycles. The summed E-state index contributed by atoms with van der Waals surface area (Å²) in [6, 6.07) is 15.3. The summed E-state index contributed by atoms with van der Waals surface area (Å²) in [5, 5.41) is 0. The Morgan fingerprint density at radius 1 is 1.12 bits per heavy atom. The van der Waals surface area contributed by atoms with Crippen LogP contribution in [0.5, 0.6) is 5.75 Å². The first-order valence-electron chi connectivity index (χ1n) is 8.75. The summed E-state index contributed by atoms with van der Waals surface area (Å²) in [5.41, 5.74) is 8.04. The van der Waals surface area contributed by atoms with E-state index in [-0.39, 0.29) is 6.09 Å². The minimum Gasteiger partial charge on any atom is -0.492 e. The zero-order chi connectivity index (χ0) is 19.2. The van der Waals surface area contributed by atoms with Crippen LogP contribution in [0.25, 0.3) is 0 Å². The van der Waals surface area contributed by atoms with Crippen molar-refractivity contribution in [1.82, 2.24) is 4.90 Å². The molecule has 140 valence electrons. The summed E-state index contributed by atoms with van der Waals surface area (Å²) < 4.78 is 11.3. The zero-order valence-electron chi connectivity index (χ0n) is 16.0. The fourth-order valence-electron chi connectivity index (χ4n) is 2.45. The summed E-state index contributed by atoms with van der Waals surface area (Å²) in [7, 11) is 0. The number of anilines is 1. The standard InChI is InChI=1S/C21H28N2O3/c1-16-7-5-10-19(13-16)25-12-11-23(20(24)26-21(2,3)4)15-17-8-6-9-18(22)14-17/h5-10,13-14H,11-12,15,22H2,1-4H3. The lowest BCUT2D eigenvalue weighted by Gasteiger charge is -2.27. The topological polar surface area (TPSA) is 64.8 Å². The Labute approximate surface area is 155 Å². The second-order valence-corrected chi connectivity index (χ2v) is 7.31. The van der Waals surface area contributed by atoms with Crippen LogP contribution in [0, 0.1) is 6.92 Å². The number of amides is 1. The number of nitrogens with two attached hydrogens (primary N) is 1. The fourth-order valence-corrected chi connectivity index (χ4v) is 2.45. The third-order valence-corrected chi connectivity index (χ3v) is 3.60. The van der Waals surface area contributed by atoms with Crippen molar-refractivity contribution in [3.63, 3.8) is 0 Å². The average molecular weight is 356 g/mol. The van der Waals surface area contributed by atoms with E-state index < -0.39 is 5.60 Å². The van der Waals surface area contributed by atoms with Crippen LogP contribution in [0.4, 0.5) is 10.5 Å². The Kier molecular flexibility index (Phi) is 6.50. The Bertz CT molecular complexity index is 738. The molecule has 0 heterocycles. The molecule has 0 fully saturated rings. The van der Waals surface area contributed by atoms with Gasteiger partial charge in [-0.2, -0.15) is 0 Å². The third-order valence-electron chi connectivity index (χ3n) is 3.60. The normalized spacial score (nSPS) is 11.1. The maximum Gasteiger partial charge on any atom is 0.410 e. The molecule has 26 heavy (non-hydrogen) atoms. The highest BCUT2D eigenvalue weighted by molar-refractivity contribution is 5.68. The molecule has 0 bridgehead atoms. The molecular formula is C21H28N2O3. The van der Waals surface area contributed by atoms with Crippen LogP contribution in [-0.4, -0.2) is 29.7 Å². The van der Waals surface area contributed by atoms with Gasteiger partial charge in [0.15, 0.2) is 0 Å². The maximum atomic E-state index is 12.6. The monoisotopic (exact) mass is 356 g/mol. The summed E-state index contributed by atoms with van der Waals surface area (Å²) >= 11 is 0. The van der Waals surface area contributed by atoms with Gasteiger partial charge in [0.05, 0.1) is 6.54 Å². The minimum absolute atomic E-state index is 0.368. The molecule has 2 aromatic carbocycles. The van der Waals surface area contributed by atoms with Crippen LogP contribution in [0.2, 0.25) is 0 Å². The molecule has 2 N–H and O–H groups in total. The van der Waals surface area contributed by atoms with Crippen molar-refractivity contribution in [2.24, 2.45) is 0 Å². The summed E-state index contributed by atoms with van der Waals surface area (Å²) in [6.45, 7) is 8.78. The van der Waals surface area contributed by atoms with Gasteiger partial charge >= 0.3 is 6.09 Å². The van der Waals surface area contributed by atoms with Gasteiger partial charge in [-0.1, -0.05) is 24.3 Å². The number of carbonyl (C=O) groups is 1. The average Bonchev–Trinajstić information content (AvgIpc) is 2.52. The van der Waals surface area contributed by atoms with Crippen LogP contribution in [0.15, 0.2) is 48.5 Å². The van der Waals surface area contributed by atoms with E-state index in [1.165, 1.54) is 0 Å². The molecule has 0 unspecified atom stereocenters. The molecule has 0 saturated heterocycles. The maximum absolute atomic E-state index is 12.6. The Balaban J connectivity index is 2.03. The molecule has 5 heteroatoms. The number of benzene rings is 2. The van der Waals surface area contributed by atoms with Crippen molar-refractivity contribution in [2.45, 2.75) is 39.8 Å². The van der Waals surface area contributed by atoms with Gasteiger partial charge < -0.3 is 20.1 Å². The highest BCUT2D eigenvalue weighted by Crippen LogP contribution is 2.16. The third kappa shape index (κ3) is 6.67. The van der Waals surface area contributed by atoms with Crippen molar-refractivity contribution in [2.75, 3.05) is 18.9 Å². The van der Waals surface area contributed by atoms with Gasteiger partial charge in [0.2, 0.25) is 0 Å². The molecular weight excluding hydrogens is 328 g/mol. The number of ether oxygens (including phenoxy) is 2. The predicted octanol–water partition coefficient (Wildman–Crippen LogP) is 4.39. The number of hydrogen-bond acceptors (Lipinski definition) is 4. The Morgan fingerprint density at radius 2 is 1.85 bits per heavy atom. The Hall–Kier alpha value is -2.69. The lowest BCUT2D eigenvalue weighted by Crippen LogP contribution is -2.38. The van der Waals surface area contributed by atoms with Crippen LogP contribution < -0.4 is 10.5 Å². The Morgan fingerprint density at radius 3 is 2.50 bits per heavy atom. The first-order chi connectivity index (χ1) is 12.2. The summed E-state index contributed by atoms with van der Waals surface area (Å²) in [4.78, 5) is 14.2. The SMILES string of the molecule is Cc1cccc(OCCN(Cc2cccc(N)c2)C(=O)OC(C)(C)C)c1. The van der Waals surface area contributed by atoms with Gasteiger partial charge in [-0.25, -0.2) is 4.79 Å². The van der Waals surface area contributed by atoms with E-state index in [2.05, 4.69) is 0 Å². The van der Waals surface area contributed by atoms with Crippen molar-refractivity contribution in [3.05, 3.63) is 59.7 Å². The highest BCUT2D eigenvalue weighted by atomic mass is 16.6. The molecule has 5 nitrogen and oxygen atoms in total. The fraction of sp³-hybridized carbons (Fsp3) is 0.381. The van der Waals surface area contributed by atoms with E-state index >= 15 is 0 Å². The number of carbonyl (C=O) groups excluding carboxylic acids is 1. The minimum atomic E-state index is -0.553. The van der Waals surface area contributed by atoms with Gasteiger partial charge in [0.25, 0.3) is 0 Å². The predicted molar refractivity (Wildman–Crippen MR) is 104 cm³/mol. The molecule has 1 amide bonds. The number of rotatable bonds is 6. The van der Waals surface area contributed by atoms with Crippen molar-refractivity contribution < 1.29 is 14.3 Å². The van der Waals surface area contributed by atoms with E-state index in [9.17, 15) is 4.79 Å². The van der Waals surface area contributed by atoms with Gasteiger partial charge in [0, 0.05) is 12.2 Å². The number of nitrogen functional groups attached to an aromatic ring is 1. The van der Waals surface area contributed by atoms with Crippen molar-refractivity contribution in [1.29, 1.82) is 0 Å². The largest absolute Gasteiger partial charge is 0.492 e. The molecule has 0 aliphatic carbocycles. The molecule has 2 aromatic rings. The molecule has 0 spiro atoms. The van der Waals surface area contributed by atoms with E-state index in [1.54, 1.807) is 4.90 Å². The first kappa shape index (κ1) is 19.6. The number of hydrogen-bond donors (Lipinski definition) is 1. The molecule has 0 aromatic heterocycles. The molecule has 0 saturated carbocycles. The first-order valence-corrected chi connectivity index (χ1v) is 8.75. The van der Waals surface area contributed by atoms with Gasteiger partial charge in [0.1, 0.15) is 18.0 Å². The van der Waals surface area contributed by atoms with Crippen molar-refractivity contribution in [3.8, 4) is 5.75 Å². The number of nitrogens with zero attached hydrogens (tertiary/aromatic N) is 1. The highest BCUT2D eigenvalue weighted by Gasteiger charge is 2.22.